The summed E-state index contributed by atoms with van der Waals surface area (Å²) >= 11 is 4.91. The monoisotopic (exact) mass is 295 g/mol. The highest BCUT2D eigenvalue weighted by Crippen LogP contribution is 2.10. The van der Waals surface area contributed by atoms with Crippen LogP contribution in [0.4, 0.5) is 5.69 Å². The Morgan fingerprint density at radius 2 is 2.25 bits per heavy atom. The van der Waals surface area contributed by atoms with Gasteiger partial charge in [0.1, 0.15) is 4.99 Å². The smallest absolute Gasteiger partial charge is 0.238 e. The lowest BCUT2D eigenvalue weighted by atomic mass is 10.2. The summed E-state index contributed by atoms with van der Waals surface area (Å²) in [7, 11) is 1.65. The zero-order chi connectivity index (χ0) is 15.0. The minimum absolute atomic E-state index is 0.0666. The molecule has 110 valence electrons. The summed E-state index contributed by atoms with van der Waals surface area (Å²) in [6, 6.07) is 7.21. The summed E-state index contributed by atoms with van der Waals surface area (Å²) in [6.45, 7) is 4.47. The molecule has 0 saturated heterocycles. The van der Waals surface area contributed by atoms with Gasteiger partial charge < -0.3 is 15.8 Å². The average molecular weight is 295 g/mol. The van der Waals surface area contributed by atoms with E-state index in [9.17, 15) is 4.79 Å². The minimum atomic E-state index is -0.0666. The summed E-state index contributed by atoms with van der Waals surface area (Å²) in [5.74, 6) is -0.0666. The third kappa shape index (κ3) is 5.64. The van der Waals surface area contributed by atoms with Crippen molar-refractivity contribution in [3.63, 3.8) is 0 Å². The predicted octanol–water partition coefficient (Wildman–Crippen LogP) is 1.23. The summed E-state index contributed by atoms with van der Waals surface area (Å²) in [5, 5.41) is 2.84. The number of carbonyl (C=O) groups excluding carboxylic acids is 1. The molecule has 5 nitrogen and oxygen atoms in total. The van der Waals surface area contributed by atoms with E-state index in [1.807, 2.05) is 30.0 Å². The van der Waals surface area contributed by atoms with Crippen LogP contribution < -0.4 is 11.1 Å². The van der Waals surface area contributed by atoms with Gasteiger partial charge in [-0.1, -0.05) is 31.3 Å². The maximum absolute atomic E-state index is 12.0. The first-order valence-electron chi connectivity index (χ1n) is 6.47. The number of nitrogens with one attached hydrogen (secondary N) is 1. The van der Waals surface area contributed by atoms with E-state index in [0.717, 1.165) is 18.7 Å². The molecule has 0 bridgehead atoms. The molecular formula is C14H21N3O2S. The third-order valence-corrected chi connectivity index (χ3v) is 3.09. The largest absolute Gasteiger partial charge is 0.389 e. The number of hydrogen-bond donors (Lipinski definition) is 2. The van der Waals surface area contributed by atoms with Gasteiger partial charge in [-0.3, -0.25) is 9.69 Å². The molecule has 6 heteroatoms. The van der Waals surface area contributed by atoms with Crippen LogP contribution in [0.15, 0.2) is 24.3 Å². The van der Waals surface area contributed by atoms with Gasteiger partial charge in [0.25, 0.3) is 0 Å². The standard InChI is InChI=1S/C14H21N3O2S/c1-3-17(7-8-19-2)10-13(18)16-12-6-4-5-11(9-12)14(15)20/h4-6,9H,3,7-8,10H2,1-2H3,(H2,15,20)(H,16,18). The quantitative estimate of drug-likeness (QED) is 0.706. The van der Waals surface area contributed by atoms with Crippen molar-refractivity contribution >= 4 is 28.8 Å². The van der Waals surface area contributed by atoms with E-state index in [1.165, 1.54) is 0 Å². The first-order valence-corrected chi connectivity index (χ1v) is 6.88. The Bertz CT molecular complexity index is 465. The van der Waals surface area contributed by atoms with Crippen LogP contribution in [0.5, 0.6) is 0 Å². The summed E-state index contributed by atoms with van der Waals surface area (Å²) in [6.07, 6.45) is 0. The van der Waals surface area contributed by atoms with Crippen LogP contribution >= 0.6 is 12.2 Å². The topological polar surface area (TPSA) is 67.6 Å². The lowest BCUT2D eigenvalue weighted by Crippen LogP contribution is -2.35. The number of methoxy groups -OCH3 is 1. The summed E-state index contributed by atoms with van der Waals surface area (Å²) in [5.41, 5.74) is 7.00. The molecule has 0 aliphatic carbocycles. The molecule has 0 aromatic heterocycles. The second-order valence-corrected chi connectivity index (χ2v) is 4.79. The zero-order valence-electron chi connectivity index (χ0n) is 11.9. The minimum Gasteiger partial charge on any atom is -0.389 e. The van der Waals surface area contributed by atoms with Gasteiger partial charge in [-0.15, -0.1) is 0 Å². The number of anilines is 1. The summed E-state index contributed by atoms with van der Waals surface area (Å²) < 4.78 is 5.01. The van der Waals surface area contributed by atoms with E-state index < -0.39 is 0 Å². The fraction of sp³-hybridized carbons (Fsp3) is 0.429. The molecule has 0 atom stereocenters. The maximum Gasteiger partial charge on any atom is 0.238 e. The molecule has 0 unspecified atom stereocenters. The lowest BCUT2D eigenvalue weighted by molar-refractivity contribution is -0.117. The Kier molecular flexibility index (Phi) is 7.14. The highest BCUT2D eigenvalue weighted by atomic mass is 32.1. The third-order valence-electron chi connectivity index (χ3n) is 2.86. The SMILES string of the molecule is CCN(CCOC)CC(=O)Nc1cccc(C(N)=S)c1. The Labute approximate surface area is 125 Å². The van der Waals surface area contributed by atoms with Crippen molar-refractivity contribution in [2.24, 2.45) is 5.73 Å². The molecule has 1 rings (SSSR count). The molecule has 0 aliphatic heterocycles. The maximum atomic E-state index is 12.0. The fourth-order valence-electron chi connectivity index (χ4n) is 1.72. The van der Waals surface area contributed by atoms with Gasteiger partial charge in [0, 0.05) is 24.9 Å². The molecule has 0 aliphatic rings. The second kappa shape index (κ2) is 8.63. The zero-order valence-corrected chi connectivity index (χ0v) is 12.7. The van der Waals surface area contributed by atoms with Crippen LogP contribution in [0, 0.1) is 0 Å². The number of nitrogens with zero attached hydrogens (tertiary/aromatic N) is 1. The summed E-state index contributed by atoms with van der Waals surface area (Å²) in [4.78, 5) is 14.3. The molecule has 0 fully saturated rings. The molecule has 0 heterocycles. The van der Waals surface area contributed by atoms with Crippen LogP contribution in [0.3, 0.4) is 0 Å². The highest BCUT2D eigenvalue weighted by molar-refractivity contribution is 7.80. The van der Waals surface area contributed by atoms with Crippen LogP contribution in [0.2, 0.25) is 0 Å². The van der Waals surface area contributed by atoms with E-state index in [2.05, 4.69) is 5.32 Å². The number of carbonyl (C=O) groups is 1. The van der Waals surface area contributed by atoms with E-state index in [-0.39, 0.29) is 5.91 Å². The number of thiocarbonyl (C=S) groups is 1. The van der Waals surface area contributed by atoms with Crippen LogP contribution in [-0.4, -0.2) is 49.1 Å². The van der Waals surface area contributed by atoms with Crippen LogP contribution in [0.25, 0.3) is 0 Å². The molecule has 1 amide bonds. The number of likely N-dealkylation sites (N-methyl/N-ethyl adjacent to an activating group) is 1. The van der Waals surface area contributed by atoms with E-state index in [1.54, 1.807) is 13.2 Å². The molecule has 0 radical (unpaired) electrons. The Morgan fingerprint density at radius 1 is 1.50 bits per heavy atom. The number of hydrogen-bond acceptors (Lipinski definition) is 4. The van der Waals surface area contributed by atoms with Gasteiger partial charge in [0.2, 0.25) is 5.91 Å². The molecule has 0 saturated carbocycles. The van der Waals surface area contributed by atoms with Crippen molar-refractivity contribution in [2.45, 2.75) is 6.92 Å². The van der Waals surface area contributed by atoms with Crippen molar-refractivity contribution in [1.82, 2.24) is 4.90 Å². The normalized spacial score (nSPS) is 10.6. The number of benzene rings is 1. The number of nitrogens with two attached hydrogens (primary N) is 1. The van der Waals surface area contributed by atoms with Gasteiger partial charge in [-0.2, -0.15) is 0 Å². The van der Waals surface area contributed by atoms with E-state index >= 15 is 0 Å². The first-order chi connectivity index (χ1) is 9.56. The number of rotatable bonds is 8. The van der Waals surface area contributed by atoms with Crippen molar-refractivity contribution in [3.05, 3.63) is 29.8 Å². The highest BCUT2D eigenvalue weighted by Gasteiger charge is 2.09. The second-order valence-electron chi connectivity index (χ2n) is 4.35. The van der Waals surface area contributed by atoms with Crippen LogP contribution in [-0.2, 0) is 9.53 Å². The molecule has 3 N–H and O–H groups in total. The van der Waals surface area contributed by atoms with E-state index in [0.29, 0.717) is 23.8 Å². The molecular weight excluding hydrogens is 274 g/mol. The molecule has 1 aromatic carbocycles. The van der Waals surface area contributed by atoms with E-state index in [4.69, 9.17) is 22.7 Å². The van der Waals surface area contributed by atoms with Crippen molar-refractivity contribution in [2.75, 3.05) is 38.7 Å². The van der Waals surface area contributed by atoms with Crippen molar-refractivity contribution in [1.29, 1.82) is 0 Å². The first kappa shape index (κ1) is 16.6. The van der Waals surface area contributed by atoms with Gasteiger partial charge in [-0.05, 0) is 18.7 Å². The lowest BCUT2D eigenvalue weighted by Gasteiger charge is -2.19. The van der Waals surface area contributed by atoms with Crippen LogP contribution in [0.1, 0.15) is 12.5 Å². The van der Waals surface area contributed by atoms with Crippen molar-refractivity contribution < 1.29 is 9.53 Å². The van der Waals surface area contributed by atoms with Gasteiger partial charge in [0.05, 0.1) is 13.2 Å². The number of ether oxygens (including phenoxy) is 1. The molecule has 1 aromatic rings. The van der Waals surface area contributed by atoms with Crippen molar-refractivity contribution in [3.8, 4) is 0 Å². The Balaban J connectivity index is 2.57. The average Bonchev–Trinajstić information content (AvgIpc) is 2.43. The molecule has 0 spiro atoms. The Morgan fingerprint density at radius 3 is 2.85 bits per heavy atom. The molecule has 20 heavy (non-hydrogen) atoms. The van der Waals surface area contributed by atoms with Gasteiger partial charge >= 0.3 is 0 Å². The Hall–Kier alpha value is -1.50. The van der Waals surface area contributed by atoms with Gasteiger partial charge in [-0.25, -0.2) is 0 Å². The fourth-order valence-corrected chi connectivity index (χ4v) is 1.85. The predicted molar refractivity (Wildman–Crippen MR) is 84.9 cm³/mol. The van der Waals surface area contributed by atoms with Gasteiger partial charge in [0.15, 0.2) is 0 Å². The number of amides is 1.